The van der Waals surface area contributed by atoms with E-state index in [4.69, 9.17) is 4.52 Å². The first-order valence-electron chi connectivity index (χ1n) is 5.50. The standard InChI is InChI=1S/C11H19N3O2/c1-8(2)6-13-11(15)9(3)12-7-10-4-5-16-14-10/h4-5,8-9,12H,6-7H2,1-3H3,(H,13,15). The Hall–Kier alpha value is -1.36. The van der Waals surface area contributed by atoms with Crippen molar-refractivity contribution in [2.45, 2.75) is 33.4 Å². The molecular formula is C11H19N3O2. The van der Waals surface area contributed by atoms with E-state index in [0.29, 0.717) is 19.0 Å². The lowest BCUT2D eigenvalue weighted by Crippen LogP contribution is -2.43. The summed E-state index contributed by atoms with van der Waals surface area (Å²) in [5.74, 6) is 0.476. The molecule has 1 aromatic rings. The number of hydrogen-bond donors (Lipinski definition) is 2. The van der Waals surface area contributed by atoms with Gasteiger partial charge in [-0.1, -0.05) is 19.0 Å². The molecule has 0 radical (unpaired) electrons. The first-order chi connectivity index (χ1) is 7.59. The molecule has 0 aliphatic carbocycles. The average molecular weight is 225 g/mol. The van der Waals surface area contributed by atoms with Crippen molar-refractivity contribution < 1.29 is 9.32 Å². The van der Waals surface area contributed by atoms with E-state index in [2.05, 4.69) is 29.6 Å². The molecule has 0 aliphatic heterocycles. The maximum atomic E-state index is 11.6. The van der Waals surface area contributed by atoms with Crippen LogP contribution in [-0.2, 0) is 11.3 Å². The van der Waals surface area contributed by atoms with Crippen molar-refractivity contribution >= 4 is 5.91 Å². The van der Waals surface area contributed by atoms with Gasteiger partial charge in [0, 0.05) is 19.2 Å². The summed E-state index contributed by atoms with van der Waals surface area (Å²) in [6.45, 7) is 7.19. The summed E-state index contributed by atoms with van der Waals surface area (Å²) in [4.78, 5) is 11.6. The zero-order valence-corrected chi connectivity index (χ0v) is 9.99. The van der Waals surface area contributed by atoms with Crippen molar-refractivity contribution in [1.29, 1.82) is 0 Å². The Balaban J connectivity index is 2.23. The number of nitrogens with one attached hydrogen (secondary N) is 2. The van der Waals surface area contributed by atoms with Gasteiger partial charge in [0.05, 0.1) is 11.7 Å². The fourth-order valence-electron chi connectivity index (χ4n) is 1.14. The Bertz CT molecular complexity index is 309. The molecule has 5 heteroatoms. The predicted molar refractivity (Wildman–Crippen MR) is 60.7 cm³/mol. The van der Waals surface area contributed by atoms with Gasteiger partial charge < -0.3 is 15.2 Å². The van der Waals surface area contributed by atoms with E-state index < -0.39 is 0 Å². The highest BCUT2D eigenvalue weighted by Gasteiger charge is 2.12. The van der Waals surface area contributed by atoms with Crippen LogP contribution in [0.3, 0.4) is 0 Å². The average Bonchev–Trinajstić information content (AvgIpc) is 2.75. The van der Waals surface area contributed by atoms with E-state index in [1.165, 1.54) is 6.26 Å². The molecule has 2 N–H and O–H groups in total. The molecule has 1 aromatic heterocycles. The van der Waals surface area contributed by atoms with E-state index in [1.54, 1.807) is 6.07 Å². The van der Waals surface area contributed by atoms with Crippen molar-refractivity contribution in [3.63, 3.8) is 0 Å². The maximum Gasteiger partial charge on any atom is 0.236 e. The summed E-state index contributed by atoms with van der Waals surface area (Å²) in [5, 5.41) is 9.69. The number of carbonyl (C=O) groups is 1. The third-order valence-electron chi connectivity index (χ3n) is 2.16. The Kier molecular flexibility index (Phi) is 4.98. The molecule has 1 atom stereocenters. The van der Waals surface area contributed by atoms with Crippen LogP contribution in [0.25, 0.3) is 0 Å². The van der Waals surface area contributed by atoms with Gasteiger partial charge in [0.25, 0.3) is 0 Å². The van der Waals surface area contributed by atoms with E-state index >= 15 is 0 Å². The van der Waals surface area contributed by atoms with Crippen LogP contribution >= 0.6 is 0 Å². The van der Waals surface area contributed by atoms with Crippen LogP contribution in [0.4, 0.5) is 0 Å². The number of hydrogen-bond acceptors (Lipinski definition) is 4. The van der Waals surface area contributed by atoms with Gasteiger partial charge in [0.1, 0.15) is 6.26 Å². The van der Waals surface area contributed by atoms with Crippen LogP contribution in [0.15, 0.2) is 16.9 Å². The van der Waals surface area contributed by atoms with Crippen molar-refractivity contribution in [1.82, 2.24) is 15.8 Å². The Morgan fingerprint density at radius 2 is 2.25 bits per heavy atom. The highest BCUT2D eigenvalue weighted by Crippen LogP contribution is 1.95. The van der Waals surface area contributed by atoms with Crippen molar-refractivity contribution in [2.75, 3.05) is 6.54 Å². The molecule has 1 amide bonds. The fourth-order valence-corrected chi connectivity index (χ4v) is 1.14. The topological polar surface area (TPSA) is 67.2 Å². The van der Waals surface area contributed by atoms with Gasteiger partial charge in [-0.2, -0.15) is 0 Å². The first kappa shape index (κ1) is 12.7. The zero-order valence-electron chi connectivity index (χ0n) is 9.99. The second-order valence-corrected chi connectivity index (χ2v) is 4.23. The van der Waals surface area contributed by atoms with Crippen molar-refractivity contribution in [3.05, 3.63) is 18.0 Å². The molecule has 1 heterocycles. The molecule has 0 bridgehead atoms. The van der Waals surface area contributed by atoms with Crippen LogP contribution < -0.4 is 10.6 Å². The van der Waals surface area contributed by atoms with E-state index in [-0.39, 0.29) is 11.9 Å². The van der Waals surface area contributed by atoms with Gasteiger partial charge in [0.2, 0.25) is 5.91 Å². The van der Waals surface area contributed by atoms with Gasteiger partial charge in [-0.15, -0.1) is 0 Å². The van der Waals surface area contributed by atoms with Crippen LogP contribution in [0, 0.1) is 5.92 Å². The molecule has 90 valence electrons. The van der Waals surface area contributed by atoms with Crippen LogP contribution in [0.1, 0.15) is 26.5 Å². The second-order valence-electron chi connectivity index (χ2n) is 4.23. The minimum atomic E-state index is -0.226. The van der Waals surface area contributed by atoms with E-state index in [9.17, 15) is 4.79 Å². The molecule has 0 saturated carbocycles. The molecule has 16 heavy (non-hydrogen) atoms. The maximum absolute atomic E-state index is 11.6. The van der Waals surface area contributed by atoms with Gasteiger partial charge in [-0.25, -0.2) is 0 Å². The Labute approximate surface area is 95.6 Å². The highest BCUT2D eigenvalue weighted by molar-refractivity contribution is 5.81. The van der Waals surface area contributed by atoms with Gasteiger partial charge in [0.15, 0.2) is 0 Å². The van der Waals surface area contributed by atoms with E-state index in [0.717, 1.165) is 5.69 Å². The Morgan fingerprint density at radius 3 is 2.81 bits per heavy atom. The number of nitrogens with zero attached hydrogens (tertiary/aromatic N) is 1. The van der Waals surface area contributed by atoms with Crippen LogP contribution in [-0.4, -0.2) is 23.7 Å². The van der Waals surface area contributed by atoms with E-state index in [1.807, 2.05) is 6.92 Å². The molecule has 1 unspecified atom stereocenters. The predicted octanol–water partition coefficient (Wildman–Crippen LogP) is 0.925. The Morgan fingerprint density at radius 1 is 1.50 bits per heavy atom. The van der Waals surface area contributed by atoms with Gasteiger partial charge in [-0.05, 0) is 12.8 Å². The summed E-state index contributed by atoms with van der Waals surface area (Å²) in [7, 11) is 0. The quantitative estimate of drug-likeness (QED) is 0.755. The summed E-state index contributed by atoms with van der Waals surface area (Å²) in [5.41, 5.74) is 0.795. The molecule has 0 aromatic carbocycles. The number of carbonyl (C=O) groups excluding carboxylic acids is 1. The largest absolute Gasteiger partial charge is 0.364 e. The lowest BCUT2D eigenvalue weighted by Gasteiger charge is -2.14. The van der Waals surface area contributed by atoms with Crippen LogP contribution in [0.2, 0.25) is 0 Å². The summed E-state index contributed by atoms with van der Waals surface area (Å²) in [6.07, 6.45) is 1.51. The van der Waals surface area contributed by atoms with Gasteiger partial charge in [-0.3, -0.25) is 4.79 Å². The minimum absolute atomic E-state index is 0.0113. The number of aromatic nitrogens is 1. The molecule has 0 aliphatic rings. The lowest BCUT2D eigenvalue weighted by molar-refractivity contribution is -0.122. The second kappa shape index (κ2) is 6.27. The third-order valence-corrected chi connectivity index (χ3v) is 2.16. The summed E-state index contributed by atoms with van der Waals surface area (Å²) >= 11 is 0. The van der Waals surface area contributed by atoms with Crippen molar-refractivity contribution in [2.24, 2.45) is 5.92 Å². The normalized spacial score (nSPS) is 12.8. The SMILES string of the molecule is CC(C)CNC(=O)C(C)NCc1ccon1. The fraction of sp³-hybridized carbons (Fsp3) is 0.636. The minimum Gasteiger partial charge on any atom is -0.364 e. The number of amides is 1. The molecular weight excluding hydrogens is 206 g/mol. The summed E-state index contributed by atoms with van der Waals surface area (Å²) in [6, 6.07) is 1.54. The van der Waals surface area contributed by atoms with Crippen LogP contribution in [0.5, 0.6) is 0 Å². The highest BCUT2D eigenvalue weighted by atomic mass is 16.5. The number of rotatable bonds is 6. The molecule has 0 saturated heterocycles. The monoisotopic (exact) mass is 225 g/mol. The first-order valence-corrected chi connectivity index (χ1v) is 5.50. The molecule has 5 nitrogen and oxygen atoms in total. The smallest absolute Gasteiger partial charge is 0.236 e. The molecule has 0 fully saturated rings. The lowest BCUT2D eigenvalue weighted by atomic mass is 10.2. The summed E-state index contributed by atoms with van der Waals surface area (Å²) < 4.78 is 4.70. The molecule has 0 spiro atoms. The van der Waals surface area contributed by atoms with Gasteiger partial charge >= 0.3 is 0 Å². The van der Waals surface area contributed by atoms with Crippen molar-refractivity contribution in [3.8, 4) is 0 Å². The third kappa shape index (κ3) is 4.44. The molecule has 1 rings (SSSR count). The zero-order chi connectivity index (χ0) is 12.0.